The van der Waals surface area contributed by atoms with E-state index in [4.69, 9.17) is 10.9 Å². The minimum absolute atomic E-state index is 0.0619. The van der Waals surface area contributed by atoms with Gasteiger partial charge < -0.3 is 10.9 Å². The SMILES string of the molecule is Cc1cccc2ncc(/C(N)=N\O)n12. The highest BCUT2D eigenvalue weighted by Gasteiger charge is 2.08. The molecule has 0 amide bonds. The van der Waals surface area contributed by atoms with Crippen LogP contribution in [-0.4, -0.2) is 20.4 Å². The smallest absolute Gasteiger partial charge is 0.188 e. The largest absolute Gasteiger partial charge is 0.409 e. The lowest BCUT2D eigenvalue weighted by molar-refractivity contribution is 0.318. The second kappa shape index (κ2) is 3.02. The van der Waals surface area contributed by atoms with Crippen molar-refractivity contribution in [3.8, 4) is 0 Å². The van der Waals surface area contributed by atoms with Gasteiger partial charge in [0.1, 0.15) is 11.3 Å². The van der Waals surface area contributed by atoms with Crippen LogP contribution >= 0.6 is 0 Å². The first-order chi connectivity index (χ1) is 6.74. The number of nitrogens with zero attached hydrogens (tertiary/aromatic N) is 3. The minimum Gasteiger partial charge on any atom is -0.409 e. The molecule has 0 aliphatic carbocycles. The summed E-state index contributed by atoms with van der Waals surface area (Å²) >= 11 is 0. The number of amidine groups is 1. The van der Waals surface area contributed by atoms with Gasteiger partial charge in [-0.3, -0.25) is 4.40 Å². The third-order valence-corrected chi connectivity index (χ3v) is 2.09. The van der Waals surface area contributed by atoms with E-state index in [0.29, 0.717) is 5.69 Å². The molecule has 2 aromatic heterocycles. The van der Waals surface area contributed by atoms with Crippen LogP contribution in [-0.2, 0) is 0 Å². The molecule has 0 atom stereocenters. The molecule has 5 heteroatoms. The van der Waals surface area contributed by atoms with Gasteiger partial charge in [0.05, 0.1) is 6.20 Å². The molecule has 0 radical (unpaired) electrons. The Labute approximate surface area is 80.5 Å². The van der Waals surface area contributed by atoms with Crippen molar-refractivity contribution in [3.05, 3.63) is 35.8 Å². The van der Waals surface area contributed by atoms with Crippen molar-refractivity contribution >= 4 is 11.5 Å². The average Bonchev–Trinajstić information content (AvgIpc) is 2.62. The number of aromatic nitrogens is 2. The molecule has 0 saturated carbocycles. The van der Waals surface area contributed by atoms with E-state index in [1.165, 1.54) is 0 Å². The topological polar surface area (TPSA) is 75.9 Å². The summed E-state index contributed by atoms with van der Waals surface area (Å²) in [7, 11) is 0. The quantitative estimate of drug-likeness (QED) is 0.301. The number of fused-ring (bicyclic) bond motifs is 1. The Bertz CT molecular complexity index is 500. The molecule has 2 aromatic rings. The van der Waals surface area contributed by atoms with Crippen molar-refractivity contribution in [2.24, 2.45) is 10.9 Å². The van der Waals surface area contributed by atoms with Crippen molar-refractivity contribution < 1.29 is 5.21 Å². The maximum atomic E-state index is 8.58. The van der Waals surface area contributed by atoms with E-state index >= 15 is 0 Å². The van der Waals surface area contributed by atoms with Gasteiger partial charge in [-0.2, -0.15) is 0 Å². The molecule has 0 fully saturated rings. The Morgan fingerprint density at radius 1 is 1.57 bits per heavy atom. The second-order valence-electron chi connectivity index (χ2n) is 2.99. The monoisotopic (exact) mass is 190 g/mol. The summed E-state index contributed by atoms with van der Waals surface area (Å²) in [4.78, 5) is 4.14. The van der Waals surface area contributed by atoms with Gasteiger partial charge >= 0.3 is 0 Å². The van der Waals surface area contributed by atoms with Gasteiger partial charge in [-0.1, -0.05) is 11.2 Å². The molecule has 0 aliphatic rings. The molecule has 2 rings (SSSR count). The molecule has 0 saturated heterocycles. The summed E-state index contributed by atoms with van der Waals surface area (Å²) in [6, 6.07) is 5.71. The Morgan fingerprint density at radius 2 is 2.36 bits per heavy atom. The van der Waals surface area contributed by atoms with Crippen molar-refractivity contribution in [2.75, 3.05) is 0 Å². The number of aryl methyl sites for hydroxylation is 1. The third kappa shape index (κ3) is 1.10. The van der Waals surface area contributed by atoms with Crippen LogP contribution < -0.4 is 5.73 Å². The molecule has 0 unspecified atom stereocenters. The van der Waals surface area contributed by atoms with Crippen LogP contribution in [0.4, 0.5) is 0 Å². The van der Waals surface area contributed by atoms with E-state index in [-0.39, 0.29) is 5.84 Å². The third-order valence-electron chi connectivity index (χ3n) is 2.09. The Balaban J connectivity index is 2.80. The molecule has 0 aromatic carbocycles. The number of oxime groups is 1. The molecule has 0 bridgehead atoms. The molecule has 0 aliphatic heterocycles. The van der Waals surface area contributed by atoms with E-state index < -0.39 is 0 Å². The lowest BCUT2D eigenvalue weighted by atomic mass is 10.3. The van der Waals surface area contributed by atoms with E-state index in [9.17, 15) is 0 Å². The molecule has 72 valence electrons. The molecule has 14 heavy (non-hydrogen) atoms. The number of nitrogens with two attached hydrogens (primary N) is 1. The molecular weight excluding hydrogens is 180 g/mol. The summed E-state index contributed by atoms with van der Waals surface area (Å²) in [5.74, 6) is 0.0619. The summed E-state index contributed by atoms with van der Waals surface area (Å²) < 4.78 is 1.83. The maximum Gasteiger partial charge on any atom is 0.188 e. The highest BCUT2D eigenvalue weighted by Crippen LogP contribution is 2.09. The summed E-state index contributed by atoms with van der Waals surface area (Å²) in [5.41, 5.74) is 7.88. The fourth-order valence-electron chi connectivity index (χ4n) is 1.43. The van der Waals surface area contributed by atoms with Crippen molar-refractivity contribution in [2.45, 2.75) is 6.92 Å². The van der Waals surface area contributed by atoms with Gasteiger partial charge in [-0.05, 0) is 19.1 Å². The van der Waals surface area contributed by atoms with Gasteiger partial charge in [0.15, 0.2) is 5.84 Å². The molecule has 3 N–H and O–H groups in total. The van der Waals surface area contributed by atoms with Crippen molar-refractivity contribution in [3.63, 3.8) is 0 Å². The van der Waals surface area contributed by atoms with Crippen LogP contribution in [0.3, 0.4) is 0 Å². The highest BCUT2D eigenvalue weighted by atomic mass is 16.4. The van der Waals surface area contributed by atoms with Crippen LogP contribution in [0.2, 0.25) is 0 Å². The van der Waals surface area contributed by atoms with Crippen LogP contribution in [0.15, 0.2) is 29.6 Å². The normalized spacial score (nSPS) is 12.2. The van der Waals surface area contributed by atoms with E-state index in [2.05, 4.69) is 10.1 Å². The Hall–Kier alpha value is -2.04. The number of pyridine rings is 1. The van der Waals surface area contributed by atoms with E-state index in [1.54, 1.807) is 6.20 Å². The zero-order valence-electron chi connectivity index (χ0n) is 7.68. The lowest BCUT2D eigenvalue weighted by Crippen LogP contribution is -2.16. The summed E-state index contributed by atoms with van der Waals surface area (Å²) in [5, 5.41) is 11.5. The maximum absolute atomic E-state index is 8.58. The highest BCUT2D eigenvalue weighted by molar-refractivity contribution is 5.96. The molecule has 5 nitrogen and oxygen atoms in total. The van der Waals surface area contributed by atoms with E-state index in [0.717, 1.165) is 11.3 Å². The van der Waals surface area contributed by atoms with Crippen molar-refractivity contribution in [1.29, 1.82) is 0 Å². The first-order valence-electron chi connectivity index (χ1n) is 4.15. The van der Waals surface area contributed by atoms with Gasteiger partial charge in [0, 0.05) is 5.69 Å². The molecular formula is C9H10N4O. The van der Waals surface area contributed by atoms with E-state index in [1.807, 2.05) is 29.5 Å². The van der Waals surface area contributed by atoms with Crippen LogP contribution in [0, 0.1) is 6.92 Å². The zero-order valence-corrected chi connectivity index (χ0v) is 7.68. The van der Waals surface area contributed by atoms with Crippen molar-refractivity contribution in [1.82, 2.24) is 9.38 Å². The predicted octanol–water partition coefficient (Wildman–Crippen LogP) is 0.737. The van der Waals surface area contributed by atoms with Gasteiger partial charge in [0.2, 0.25) is 0 Å². The number of rotatable bonds is 1. The zero-order chi connectivity index (χ0) is 10.1. The number of hydrogen-bond acceptors (Lipinski definition) is 3. The first kappa shape index (κ1) is 8.55. The number of imidazole rings is 1. The lowest BCUT2D eigenvalue weighted by Gasteiger charge is -2.02. The fourth-order valence-corrected chi connectivity index (χ4v) is 1.43. The summed E-state index contributed by atoms with van der Waals surface area (Å²) in [6.45, 7) is 1.93. The fraction of sp³-hybridized carbons (Fsp3) is 0.111. The molecule has 0 spiro atoms. The van der Waals surface area contributed by atoms with Gasteiger partial charge in [0.25, 0.3) is 0 Å². The Morgan fingerprint density at radius 3 is 3.07 bits per heavy atom. The average molecular weight is 190 g/mol. The molecule has 2 heterocycles. The standard InChI is InChI=1S/C9H10N4O/c1-6-3-2-4-8-11-5-7(13(6)8)9(10)12-14/h2-5,14H,1H3,(H2,10,12). The van der Waals surface area contributed by atoms with Crippen LogP contribution in [0.5, 0.6) is 0 Å². The predicted molar refractivity (Wildman–Crippen MR) is 52.4 cm³/mol. The first-order valence-corrected chi connectivity index (χ1v) is 4.15. The Kier molecular flexibility index (Phi) is 1.85. The minimum atomic E-state index is 0.0619. The van der Waals surface area contributed by atoms with Gasteiger partial charge in [-0.25, -0.2) is 4.98 Å². The van der Waals surface area contributed by atoms with Crippen LogP contribution in [0.1, 0.15) is 11.4 Å². The van der Waals surface area contributed by atoms with Crippen LogP contribution in [0.25, 0.3) is 5.65 Å². The second-order valence-corrected chi connectivity index (χ2v) is 2.99. The van der Waals surface area contributed by atoms with Gasteiger partial charge in [-0.15, -0.1) is 0 Å². The summed E-state index contributed by atoms with van der Waals surface area (Å²) in [6.07, 6.45) is 1.58. The number of hydrogen-bond donors (Lipinski definition) is 2.